The Hall–Kier alpha value is -2.90. The number of hydrogen-bond acceptors (Lipinski definition) is 5. The van der Waals surface area contributed by atoms with Crippen LogP contribution in [0.4, 0.5) is 0 Å². The van der Waals surface area contributed by atoms with Crippen molar-refractivity contribution in [2.24, 2.45) is 11.5 Å². The minimum absolute atomic E-state index is 0.134. The van der Waals surface area contributed by atoms with Gasteiger partial charge in [-0.3, -0.25) is 9.59 Å². The molecule has 0 aromatic heterocycles. The molecule has 2 aromatic carbocycles. The predicted molar refractivity (Wildman–Crippen MR) is 120 cm³/mol. The second kappa shape index (κ2) is 10.9. The van der Waals surface area contributed by atoms with E-state index in [4.69, 9.17) is 16.2 Å². The largest absolute Gasteiger partial charge is 0.496 e. The van der Waals surface area contributed by atoms with E-state index in [0.29, 0.717) is 38.9 Å². The molecule has 7 heteroatoms. The lowest BCUT2D eigenvalue weighted by molar-refractivity contribution is -0.139. The lowest BCUT2D eigenvalue weighted by Gasteiger charge is -2.27. The molecule has 0 unspecified atom stereocenters. The molecular formula is C24H32N4O3. The molecule has 31 heavy (non-hydrogen) atoms. The van der Waals surface area contributed by atoms with Crippen molar-refractivity contribution in [2.75, 3.05) is 13.7 Å². The maximum Gasteiger partial charge on any atom is 0.243 e. The van der Waals surface area contributed by atoms with Gasteiger partial charge in [-0.05, 0) is 48.4 Å². The summed E-state index contributed by atoms with van der Waals surface area (Å²) in [5.74, 6) is 0.491. The van der Waals surface area contributed by atoms with Crippen LogP contribution in [0.3, 0.4) is 0 Å². The normalized spacial score (nSPS) is 16.7. The molecule has 2 amide bonds. The summed E-state index contributed by atoms with van der Waals surface area (Å²) in [6, 6.07) is 14.4. The minimum atomic E-state index is -0.651. The number of nitrogens with one attached hydrogen (secondary N) is 1. The number of carbonyl (C=O) groups is 2. The SMILES string of the molecule is COc1ccccc1CC[C@@H](N)C(=O)N1CCC[C@H]1C(=O)NCc1ccc(CN)cc1. The zero-order valence-corrected chi connectivity index (χ0v) is 18.0. The van der Waals surface area contributed by atoms with Gasteiger partial charge < -0.3 is 26.4 Å². The van der Waals surface area contributed by atoms with Crippen molar-refractivity contribution < 1.29 is 14.3 Å². The van der Waals surface area contributed by atoms with Crippen LogP contribution < -0.4 is 21.5 Å². The molecule has 7 nitrogen and oxygen atoms in total. The second-order valence-corrected chi connectivity index (χ2v) is 7.89. The van der Waals surface area contributed by atoms with Gasteiger partial charge in [0.25, 0.3) is 0 Å². The number of rotatable bonds is 9. The van der Waals surface area contributed by atoms with Crippen molar-refractivity contribution >= 4 is 11.8 Å². The molecule has 0 aliphatic carbocycles. The number of methoxy groups -OCH3 is 1. The molecule has 5 N–H and O–H groups in total. The number of carbonyl (C=O) groups excluding carboxylic acids is 2. The predicted octanol–water partition coefficient (Wildman–Crippen LogP) is 1.72. The maximum absolute atomic E-state index is 13.0. The molecule has 0 bridgehead atoms. The van der Waals surface area contributed by atoms with Crippen LogP contribution in [0, 0.1) is 0 Å². The Morgan fingerprint density at radius 3 is 2.58 bits per heavy atom. The Kier molecular flexibility index (Phi) is 8.03. The first kappa shape index (κ1) is 22.8. The Labute approximate surface area is 183 Å². The average Bonchev–Trinajstić information content (AvgIpc) is 3.31. The molecule has 1 aliphatic heterocycles. The molecule has 1 fully saturated rings. The van der Waals surface area contributed by atoms with Crippen molar-refractivity contribution in [1.82, 2.24) is 10.2 Å². The molecule has 0 saturated carbocycles. The van der Waals surface area contributed by atoms with E-state index in [0.717, 1.165) is 28.9 Å². The molecule has 0 radical (unpaired) electrons. The highest BCUT2D eigenvalue weighted by atomic mass is 16.5. The maximum atomic E-state index is 13.0. The third-order valence-electron chi connectivity index (χ3n) is 5.80. The summed E-state index contributed by atoms with van der Waals surface area (Å²) in [6.45, 7) is 1.47. The van der Waals surface area contributed by atoms with Crippen molar-refractivity contribution in [3.05, 3.63) is 65.2 Å². The fourth-order valence-corrected chi connectivity index (χ4v) is 3.96. The summed E-state index contributed by atoms with van der Waals surface area (Å²) in [7, 11) is 1.63. The van der Waals surface area contributed by atoms with Gasteiger partial charge in [0.15, 0.2) is 0 Å². The third kappa shape index (κ3) is 5.83. The van der Waals surface area contributed by atoms with Gasteiger partial charge in [0, 0.05) is 19.6 Å². The summed E-state index contributed by atoms with van der Waals surface area (Å²) >= 11 is 0. The van der Waals surface area contributed by atoms with E-state index in [1.54, 1.807) is 12.0 Å². The Morgan fingerprint density at radius 1 is 1.16 bits per heavy atom. The lowest BCUT2D eigenvalue weighted by atomic mass is 10.0. The Morgan fingerprint density at radius 2 is 1.87 bits per heavy atom. The Balaban J connectivity index is 1.54. The zero-order valence-electron chi connectivity index (χ0n) is 18.0. The summed E-state index contributed by atoms with van der Waals surface area (Å²) in [4.78, 5) is 27.4. The number of nitrogens with zero attached hydrogens (tertiary/aromatic N) is 1. The highest BCUT2D eigenvalue weighted by Gasteiger charge is 2.35. The first-order chi connectivity index (χ1) is 15.0. The van der Waals surface area contributed by atoms with E-state index in [-0.39, 0.29) is 11.8 Å². The number of aryl methyl sites for hydroxylation is 1. The number of para-hydroxylation sites is 1. The molecule has 1 heterocycles. The number of benzene rings is 2. The molecule has 3 rings (SSSR count). The fourth-order valence-electron chi connectivity index (χ4n) is 3.96. The number of amides is 2. The third-order valence-corrected chi connectivity index (χ3v) is 5.80. The fraction of sp³-hybridized carbons (Fsp3) is 0.417. The van der Waals surface area contributed by atoms with E-state index in [9.17, 15) is 9.59 Å². The molecule has 1 aliphatic rings. The standard InChI is InChI=1S/C24H32N4O3/c1-31-22-7-3-2-5-19(22)12-13-20(26)24(30)28-14-4-6-21(28)23(29)27-16-18-10-8-17(15-25)9-11-18/h2-3,5,7-11,20-21H,4,6,12-16,25-26H2,1H3,(H,27,29)/t20-,21+/m1/s1. The van der Waals surface area contributed by atoms with Crippen LogP contribution in [0.25, 0.3) is 0 Å². The molecule has 1 saturated heterocycles. The van der Waals surface area contributed by atoms with Crippen LogP contribution in [0.15, 0.2) is 48.5 Å². The van der Waals surface area contributed by atoms with Crippen LogP contribution in [0.1, 0.15) is 36.0 Å². The number of likely N-dealkylation sites (tertiary alicyclic amines) is 1. The second-order valence-electron chi connectivity index (χ2n) is 7.89. The van der Waals surface area contributed by atoms with Crippen LogP contribution in [0.5, 0.6) is 5.75 Å². The lowest BCUT2D eigenvalue weighted by Crippen LogP contribution is -2.51. The van der Waals surface area contributed by atoms with Crippen LogP contribution >= 0.6 is 0 Å². The van der Waals surface area contributed by atoms with Crippen molar-refractivity contribution in [3.63, 3.8) is 0 Å². The first-order valence-corrected chi connectivity index (χ1v) is 10.8. The van der Waals surface area contributed by atoms with Crippen LogP contribution in [-0.2, 0) is 29.1 Å². The summed E-state index contributed by atoms with van der Waals surface area (Å²) in [5, 5.41) is 2.95. The molecule has 166 valence electrons. The van der Waals surface area contributed by atoms with E-state index in [2.05, 4.69) is 5.32 Å². The van der Waals surface area contributed by atoms with Gasteiger partial charge in [-0.2, -0.15) is 0 Å². The summed E-state index contributed by atoms with van der Waals surface area (Å²) in [5.41, 5.74) is 14.9. The zero-order chi connectivity index (χ0) is 22.2. The minimum Gasteiger partial charge on any atom is -0.496 e. The Bertz CT molecular complexity index is 885. The highest BCUT2D eigenvalue weighted by Crippen LogP contribution is 2.22. The van der Waals surface area contributed by atoms with Gasteiger partial charge >= 0.3 is 0 Å². The van der Waals surface area contributed by atoms with E-state index in [1.807, 2.05) is 48.5 Å². The average molecular weight is 425 g/mol. The number of hydrogen-bond donors (Lipinski definition) is 3. The van der Waals surface area contributed by atoms with E-state index >= 15 is 0 Å². The van der Waals surface area contributed by atoms with E-state index < -0.39 is 12.1 Å². The molecule has 0 spiro atoms. The summed E-state index contributed by atoms with van der Waals surface area (Å²) < 4.78 is 5.37. The van der Waals surface area contributed by atoms with Crippen molar-refractivity contribution in [1.29, 1.82) is 0 Å². The molecule has 2 atom stereocenters. The van der Waals surface area contributed by atoms with Gasteiger partial charge in [-0.1, -0.05) is 42.5 Å². The van der Waals surface area contributed by atoms with Gasteiger partial charge in [-0.15, -0.1) is 0 Å². The van der Waals surface area contributed by atoms with Gasteiger partial charge in [0.05, 0.1) is 13.2 Å². The quantitative estimate of drug-likeness (QED) is 0.568. The number of ether oxygens (including phenoxy) is 1. The monoisotopic (exact) mass is 424 g/mol. The summed E-state index contributed by atoms with van der Waals surface area (Å²) in [6.07, 6.45) is 2.59. The number of nitrogens with two attached hydrogens (primary N) is 2. The van der Waals surface area contributed by atoms with Gasteiger partial charge in [0.1, 0.15) is 11.8 Å². The topological polar surface area (TPSA) is 111 Å². The highest BCUT2D eigenvalue weighted by molar-refractivity contribution is 5.90. The molecule has 2 aromatic rings. The smallest absolute Gasteiger partial charge is 0.243 e. The van der Waals surface area contributed by atoms with Gasteiger partial charge in [0.2, 0.25) is 11.8 Å². The van der Waals surface area contributed by atoms with Crippen LogP contribution in [-0.4, -0.2) is 42.5 Å². The van der Waals surface area contributed by atoms with E-state index in [1.165, 1.54) is 0 Å². The first-order valence-electron chi connectivity index (χ1n) is 10.8. The van der Waals surface area contributed by atoms with Gasteiger partial charge in [-0.25, -0.2) is 0 Å². The van der Waals surface area contributed by atoms with Crippen molar-refractivity contribution in [3.8, 4) is 5.75 Å². The molecular weight excluding hydrogens is 392 g/mol. The van der Waals surface area contributed by atoms with Crippen LogP contribution in [0.2, 0.25) is 0 Å². The van der Waals surface area contributed by atoms with Crippen molar-refractivity contribution in [2.45, 2.75) is 50.9 Å².